The summed E-state index contributed by atoms with van der Waals surface area (Å²) in [5, 5.41) is 3.94. The van der Waals surface area contributed by atoms with E-state index >= 15 is 0 Å². The normalized spacial score (nSPS) is 12.3. The van der Waals surface area contributed by atoms with Crippen LogP contribution >= 0.6 is 12.2 Å². The number of methoxy groups -OCH3 is 2. The van der Waals surface area contributed by atoms with E-state index in [1.165, 1.54) is 0 Å². The van der Waals surface area contributed by atoms with Crippen molar-refractivity contribution in [3.63, 3.8) is 0 Å². The number of nitrogens with zero attached hydrogens (tertiary/aromatic N) is 1. The standard InChI is InChI=1S/C15H22N2O4S/c1-18-7-5-17(6-8-19-2)15(22)16-10-12-3-4-13-14(9-12)21-11-20-13/h3-4,9H,5-8,10-11H2,1-2H3,(H,16,22). The lowest BCUT2D eigenvalue weighted by Gasteiger charge is -2.25. The average molecular weight is 326 g/mol. The highest BCUT2D eigenvalue weighted by Crippen LogP contribution is 2.32. The van der Waals surface area contributed by atoms with Gasteiger partial charge in [0.1, 0.15) is 0 Å². The highest BCUT2D eigenvalue weighted by molar-refractivity contribution is 7.80. The Balaban J connectivity index is 1.86. The zero-order valence-electron chi connectivity index (χ0n) is 13.0. The highest BCUT2D eigenvalue weighted by Gasteiger charge is 2.14. The molecular formula is C15H22N2O4S. The van der Waals surface area contributed by atoms with E-state index in [0.717, 1.165) is 30.2 Å². The monoisotopic (exact) mass is 326 g/mol. The first-order chi connectivity index (χ1) is 10.7. The van der Waals surface area contributed by atoms with Gasteiger partial charge in [0.2, 0.25) is 6.79 Å². The lowest BCUT2D eigenvalue weighted by atomic mass is 10.2. The number of ether oxygens (including phenoxy) is 4. The van der Waals surface area contributed by atoms with Crippen molar-refractivity contribution in [2.24, 2.45) is 0 Å². The molecule has 0 amide bonds. The molecule has 1 aliphatic rings. The van der Waals surface area contributed by atoms with Gasteiger partial charge in [0.15, 0.2) is 16.6 Å². The number of nitrogens with one attached hydrogen (secondary N) is 1. The molecule has 0 aromatic heterocycles. The maximum atomic E-state index is 5.45. The van der Waals surface area contributed by atoms with E-state index in [1.807, 2.05) is 23.1 Å². The van der Waals surface area contributed by atoms with Gasteiger partial charge in [0, 0.05) is 33.9 Å². The van der Waals surface area contributed by atoms with Gasteiger partial charge in [0.25, 0.3) is 0 Å². The van der Waals surface area contributed by atoms with Gasteiger partial charge in [-0.1, -0.05) is 6.07 Å². The summed E-state index contributed by atoms with van der Waals surface area (Å²) in [6, 6.07) is 5.88. The largest absolute Gasteiger partial charge is 0.454 e. The predicted molar refractivity (Wildman–Crippen MR) is 87.3 cm³/mol. The Bertz CT molecular complexity index is 490. The lowest BCUT2D eigenvalue weighted by Crippen LogP contribution is -2.42. The first-order valence-corrected chi connectivity index (χ1v) is 7.54. The molecule has 1 aromatic rings. The SMILES string of the molecule is COCCN(CCOC)C(=S)NCc1ccc2c(c1)OCO2. The van der Waals surface area contributed by atoms with Crippen LogP contribution in [0.15, 0.2) is 18.2 Å². The molecule has 0 unspecified atom stereocenters. The van der Waals surface area contributed by atoms with Crippen molar-refractivity contribution < 1.29 is 18.9 Å². The summed E-state index contributed by atoms with van der Waals surface area (Å²) in [4.78, 5) is 2.04. The van der Waals surface area contributed by atoms with Crippen molar-refractivity contribution in [2.75, 3.05) is 47.3 Å². The van der Waals surface area contributed by atoms with Gasteiger partial charge in [-0.2, -0.15) is 0 Å². The Morgan fingerprint density at radius 3 is 2.55 bits per heavy atom. The van der Waals surface area contributed by atoms with Crippen LogP contribution in [0.2, 0.25) is 0 Å². The maximum absolute atomic E-state index is 5.45. The maximum Gasteiger partial charge on any atom is 0.231 e. The van der Waals surface area contributed by atoms with Crippen LogP contribution in [0, 0.1) is 0 Å². The number of hydrogen-bond acceptors (Lipinski definition) is 5. The molecule has 0 spiro atoms. The molecule has 122 valence electrons. The molecule has 0 atom stereocenters. The summed E-state index contributed by atoms with van der Waals surface area (Å²) >= 11 is 5.45. The smallest absolute Gasteiger partial charge is 0.231 e. The molecular weight excluding hydrogens is 304 g/mol. The van der Waals surface area contributed by atoms with Crippen LogP contribution in [-0.2, 0) is 16.0 Å². The van der Waals surface area contributed by atoms with Crippen molar-refractivity contribution in [2.45, 2.75) is 6.54 Å². The van der Waals surface area contributed by atoms with E-state index in [9.17, 15) is 0 Å². The minimum Gasteiger partial charge on any atom is -0.454 e. The number of rotatable bonds is 8. The molecule has 0 radical (unpaired) electrons. The van der Waals surface area contributed by atoms with Gasteiger partial charge < -0.3 is 29.2 Å². The molecule has 1 aromatic carbocycles. The fourth-order valence-corrected chi connectivity index (χ4v) is 2.31. The molecule has 1 heterocycles. The van der Waals surface area contributed by atoms with E-state index in [-0.39, 0.29) is 6.79 Å². The number of thiocarbonyl (C=S) groups is 1. The third-order valence-electron chi connectivity index (χ3n) is 3.30. The molecule has 0 saturated carbocycles. The van der Waals surface area contributed by atoms with Crippen LogP contribution in [0.3, 0.4) is 0 Å². The van der Waals surface area contributed by atoms with Crippen molar-refractivity contribution in [1.82, 2.24) is 10.2 Å². The average Bonchev–Trinajstić information content (AvgIpc) is 3.00. The second kappa shape index (κ2) is 8.77. The van der Waals surface area contributed by atoms with Crippen LogP contribution in [0.1, 0.15) is 5.56 Å². The lowest BCUT2D eigenvalue weighted by molar-refractivity contribution is 0.146. The van der Waals surface area contributed by atoms with Crippen molar-refractivity contribution >= 4 is 17.3 Å². The minimum atomic E-state index is 0.284. The first-order valence-electron chi connectivity index (χ1n) is 7.13. The fourth-order valence-electron chi connectivity index (χ4n) is 2.06. The zero-order valence-corrected chi connectivity index (χ0v) is 13.8. The van der Waals surface area contributed by atoms with Crippen LogP contribution in [0.4, 0.5) is 0 Å². The van der Waals surface area contributed by atoms with Crippen LogP contribution < -0.4 is 14.8 Å². The fraction of sp³-hybridized carbons (Fsp3) is 0.533. The summed E-state index contributed by atoms with van der Waals surface area (Å²) in [6.45, 7) is 3.61. The first kappa shape index (κ1) is 16.8. The molecule has 0 saturated heterocycles. The topological polar surface area (TPSA) is 52.2 Å². The summed E-state index contributed by atoms with van der Waals surface area (Å²) in [7, 11) is 3.36. The van der Waals surface area contributed by atoms with Gasteiger partial charge in [0.05, 0.1) is 13.2 Å². The minimum absolute atomic E-state index is 0.284. The Labute approximate surface area is 136 Å². The van der Waals surface area contributed by atoms with Crippen LogP contribution in [-0.4, -0.2) is 57.3 Å². The third kappa shape index (κ3) is 4.72. The van der Waals surface area contributed by atoms with E-state index in [1.54, 1.807) is 14.2 Å². The molecule has 0 bridgehead atoms. The number of hydrogen-bond donors (Lipinski definition) is 1. The van der Waals surface area contributed by atoms with Crippen molar-refractivity contribution in [1.29, 1.82) is 0 Å². The van der Waals surface area contributed by atoms with E-state index in [2.05, 4.69) is 5.32 Å². The Kier molecular flexibility index (Phi) is 6.70. The van der Waals surface area contributed by atoms with Gasteiger partial charge in [-0.05, 0) is 29.9 Å². The summed E-state index contributed by atoms with van der Waals surface area (Å²) in [5.41, 5.74) is 1.09. The number of benzene rings is 1. The summed E-state index contributed by atoms with van der Waals surface area (Å²) in [5.74, 6) is 1.56. The zero-order chi connectivity index (χ0) is 15.8. The Morgan fingerprint density at radius 2 is 1.86 bits per heavy atom. The number of fused-ring (bicyclic) bond motifs is 1. The molecule has 22 heavy (non-hydrogen) atoms. The molecule has 2 rings (SSSR count). The molecule has 1 aliphatic heterocycles. The van der Waals surface area contributed by atoms with Crippen molar-refractivity contribution in [3.8, 4) is 11.5 Å². The van der Waals surface area contributed by atoms with E-state index in [4.69, 9.17) is 31.2 Å². The van der Waals surface area contributed by atoms with Gasteiger partial charge in [-0.25, -0.2) is 0 Å². The van der Waals surface area contributed by atoms with E-state index < -0.39 is 0 Å². The molecule has 7 heteroatoms. The second-order valence-electron chi connectivity index (χ2n) is 4.82. The summed E-state index contributed by atoms with van der Waals surface area (Å²) in [6.07, 6.45) is 0. The van der Waals surface area contributed by atoms with Crippen LogP contribution in [0.5, 0.6) is 11.5 Å². The molecule has 0 fully saturated rings. The Hall–Kier alpha value is -1.57. The van der Waals surface area contributed by atoms with Gasteiger partial charge in [-0.15, -0.1) is 0 Å². The van der Waals surface area contributed by atoms with Gasteiger partial charge in [-0.3, -0.25) is 0 Å². The van der Waals surface area contributed by atoms with Crippen LogP contribution in [0.25, 0.3) is 0 Å². The second-order valence-corrected chi connectivity index (χ2v) is 5.21. The molecule has 6 nitrogen and oxygen atoms in total. The predicted octanol–water partition coefficient (Wildman–Crippen LogP) is 1.38. The quantitative estimate of drug-likeness (QED) is 0.724. The highest BCUT2D eigenvalue weighted by atomic mass is 32.1. The van der Waals surface area contributed by atoms with Gasteiger partial charge >= 0.3 is 0 Å². The Morgan fingerprint density at radius 1 is 1.18 bits per heavy atom. The van der Waals surface area contributed by atoms with Crippen molar-refractivity contribution in [3.05, 3.63) is 23.8 Å². The molecule has 1 N–H and O–H groups in total. The summed E-state index contributed by atoms with van der Waals surface area (Å²) < 4.78 is 20.9. The third-order valence-corrected chi connectivity index (χ3v) is 3.70. The van der Waals surface area contributed by atoms with E-state index in [0.29, 0.717) is 24.9 Å². The molecule has 0 aliphatic carbocycles.